The first-order chi connectivity index (χ1) is 13.0. The van der Waals surface area contributed by atoms with E-state index in [1.807, 2.05) is 29.6 Å². The number of anilines is 1. The van der Waals surface area contributed by atoms with Crippen LogP contribution in [0.25, 0.3) is 0 Å². The van der Waals surface area contributed by atoms with Crippen LogP contribution in [0.3, 0.4) is 0 Å². The molecule has 27 heavy (non-hydrogen) atoms. The van der Waals surface area contributed by atoms with Crippen LogP contribution in [-0.2, 0) is 17.8 Å². The van der Waals surface area contributed by atoms with E-state index < -0.39 is 6.04 Å². The number of nitrogens with zero attached hydrogens (tertiary/aromatic N) is 1. The van der Waals surface area contributed by atoms with Gasteiger partial charge >= 0.3 is 0 Å². The van der Waals surface area contributed by atoms with Crippen LogP contribution in [-0.4, -0.2) is 16.9 Å². The Bertz CT molecular complexity index is 920. The molecule has 140 valence electrons. The minimum absolute atomic E-state index is 0.268. The number of thiophene rings is 1. The molecular weight excluding hydrogens is 450 g/mol. The Hall–Kier alpha value is -1.93. The number of halogens is 2. The van der Waals surface area contributed by atoms with Gasteiger partial charge in [0.1, 0.15) is 12.4 Å². The van der Waals surface area contributed by atoms with Crippen molar-refractivity contribution in [2.75, 3.05) is 5.32 Å². The zero-order valence-electron chi connectivity index (χ0n) is 14.2. The molecule has 2 heterocycles. The number of nitrogens with one attached hydrogen (secondary N) is 1. The number of hydrogen-bond acceptors (Lipinski definition) is 5. The highest BCUT2D eigenvalue weighted by Crippen LogP contribution is 2.28. The standard InChI is InChI=1S/C19H17BrClN3O2S/c20-18-8-12(11-27-18)7-16(22)19(25)24-13-4-5-17(15(21)9-13)26-10-14-3-1-2-6-23-14/h1-6,8-9,11,16H,7,10,22H2,(H,24,25). The van der Waals surface area contributed by atoms with Gasteiger partial charge in [-0.15, -0.1) is 11.3 Å². The number of pyridine rings is 1. The number of amides is 1. The summed E-state index contributed by atoms with van der Waals surface area (Å²) in [6.45, 7) is 0.313. The zero-order chi connectivity index (χ0) is 19.2. The van der Waals surface area contributed by atoms with Crippen molar-refractivity contribution in [2.24, 2.45) is 5.73 Å². The van der Waals surface area contributed by atoms with E-state index in [2.05, 4.69) is 26.2 Å². The van der Waals surface area contributed by atoms with Gasteiger partial charge in [0.25, 0.3) is 0 Å². The van der Waals surface area contributed by atoms with Crippen molar-refractivity contribution < 1.29 is 9.53 Å². The lowest BCUT2D eigenvalue weighted by Gasteiger charge is -2.13. The normalized spacial score (nSPS) is 11.8. The summed E-state index contributed by atoms with van der Waals surface area (Å²) in [6.07, 6.45) is 2.17. The monoisotopic (exact) mass is 465 g/mol. The highest BCUT2D eigenvalue weighted by atomic mass is 79.9. The number of carbonyl (C=O) groups is 1. The molecule has 2 aromatic heterocycles. The molecule has 1 atom stereocenters. The van der Waals surface area contributed by atoms with Crippen molar-refractivity contribution in [1.29, 1.82) is 0 Å². The first-order valence-electron chi connectivity index (χ1n) is 8.13. The van der Waals surface area contributed by atoms with E-state index in [4.69, 9.17) is 22.1 Å². The third kappa shape index (κ3) is 5.77. The van der Waals surface area contributed by atoms with Gasteiger partial charge in [0.15, 0.2) is 0 Å². The van der Waals surface area contributed by atoms with Crippen LogP contribution in [0.2, 0.25) is 5.02 Å². The molecule has 0 aliphatic carbocycles. The number of aromatic nitrogens is 1. The first-order valence-corrected chi connectivity index (χ1v) is 10.2. The maximum atomic E-state index is 12.3. The van der Waals surface area contributed by atoms with Crippen LogP contribution in [0.5, 0.6) is 5.75 Å². The lowest BCUT2D eigenvalue weighted by molar-refractivity contribution is -0.117. The molecule has 0 spiro atoms. The van der Waals surface area contributed by atoms with Crippen molar-refractivity contribution in [1.82, 2.24) is 4.98 Å². The third-order valence-corrected chi connectivity index (χ3v) is 5.56. The van der Waals surface area contributed by atoms with Crippen molar-refractivity contribution in [3.8, 4) is 5.75 Å². The molecule has 3 aromatic rings. The highest BCUT2D eigenvalue weighted by molar-refractivity contribution is 9.11. The van der Waals surface area contributed by atoms with Crippen LogP contribution < -0.4 is 15.8 Å². The Morgan fingerprint density at radius 1 is 1.33 bits per heavy atom. The Labute approximate surface area is 174 Å². The second-order valence-electron chi connectivity index (χ2n) is 5.81. The molecule has 0 bridgehead atoms. The Morgan fingerprint density at radius 2 is 2.19 bits per heavy atom. The number of rotatable bonds is 7. The first kappa shape index (κ1) is 19.8. The smallest absolute Gasteiger partial charge is 0.241 e. The molecule has 3 rings (SSSR count). The van der Waals surface area contributed by atoms with Gasteiger partial charge in [0.05, 0.1) is 20.5 Å². The van der Waals surface area contributed by atoms with E-state index in [0.29, 0.717) is 29.5 Å². The average molecular weight is 467 g/mol. The minimum atomic E-state index is -0.648. The van der Waals surface area contributed by atoms with Crippen LogP contribution >= 0.6 is 38.9 Å². The van der Waals surface area contributed by atoms with E-state index in [9.17, 15) is 4.79 Å². The predicted molar refractivity (Wildman–Crippen MR) is 112 cm³/mol. The number of carbonyl (C=O) groups excluding carboxylic acids is 1. The van der Waals surface area contributed by atoms with Crippen LogP contribution in [0.1, 0.15) is 11.3 Å². The fraction of sp³-hybridized carbons (Fsp3) is 0.158. The fourth-order valence-electron chi connectivity index (χ4n) is 2.37. The van der Waals surface area contributed by atoms with Crippen molar-refractivity contribution in [3.05, 3.63) is 74.1 Å². The molecule has 3 N–H and O–H groups in total. The van der Waals surface area contributed by atoms with Gasteiger partial charge in [-0.3, -0.25) is 9.78 Å². The lowest BCUT2D eigenvalue weighted by atomic mass is 10.1. The van der Waals surface area contributed by atoms with Crippen molar-refractivity contribution >= 4 is 50.5 Å². The maximum Gasteiger partial charge on any atom is 0.241 e. The van der Waals surface area contributed by atoms with E-state index in [1.54, 1.807) is 35.7 Å². The van der Waals surface area contributed by atoms with Crippen LogP contribution in [0.15, 0.2) is 57.8 Å². The summed E-state index contributed by atoms with van der Waals surface area (Å²) in [7, 11) is 0. The SMILES string of the molecule is NC(Cc1csc(Br)c1)C(=O)Nc1ccc(OCc2ccccn2)c(Cl)c1. The third-order valence-electron chi connectivity index (χ3n) is 3.72. The van der Waals surface area contributed by atoms with Gasteiger partial charge in [-0.1, -0.05) is 17.7 Å². The largest absolute Gasteiger partial charge is 0.486 e. The van der Waals surface area contributed by atoms with E-state index >= 15 is 0 Å². The maximum absolute atomic E-state index is 12.3. The van der Waals surface area contributed by atoms with Gasteiger partial charge < -0.3 is 15.8 Å². The summed E-state index contributed by atoms with van der Waals surface area (Å²) in [4.78, 5) is 16.5. The molecule has 0 aliphatic heterocycles. The number of nitrogens with two attached hydrogens (primary N) is 1. The van der Waals surface area contributed by atoms with Gasteiger partial charge in [-0.25, -0.2) is 0 Å². The Morgan fingerprint density at radius 3 is 2.85 bits per heavy atom. The van der Waals surface area contributed by atoms with Crippen LogP contribution in [0.4, 0.5) is 5.69 Å². The van der Waals surface area contributed by atoms with Crippen molar-refractivity contribution in [3.63, 3.8) is 0 Å². The van der Waals surface area contributed by atoms with Gasteiger partial charge in [0.2, 0.25) is 5.91 Å². The molecule has 1 aromatic carbocycles. The van der Waals surface area contributed by atoms with Crippen molar-refractivity contribution in [2.45, 2.75) is 19.1 Å². The molecule has 8 heteroatoms. The fourth-order valence-corrected chi connectivity index (χ4v) is 3.82. The predicted octanol–water partition coefficient (Wildman–Crippen LogP) is 4.65. The summed E-state index contributed by atoms with van der Waals surface area (Å²) in [5.74, 6) is 0.253. The lowest BCUT2D eigenvalue weighted by Crippen LogP contribution is -2.37. The van der Waals surface area contributed by atoms with Gasteiger partial charge in [-0.05, 0) is 69.7 Å². The average Bonchev–Trinajstić information content (AvgIpc) is 3.06. The number of hydrogen-bond donors (Lipinski definition) is 2. The Balaban J connectivity index is 1.57. The molecule has 0 radical (unpaired) electrons. The summed E-state index contributed by atoms with van der Waals surface area (Å²) in [5, 5.41) is 5.16. The summed E-state index contributed by atoms with van der Waals surface area (Å²) >= 11 is 11.2. The second kappa shape index (κ2) is 9.32. The molecule has 1 amide bonds. The topological polar surface area (TPSA) is 77.2 Å². The highest BCUT2D eigenvalue weighted by Gasteiger charge is 2.16. The van der Waals surface area contributed by atoms with E-state index in [-0.39, 0.29) is 5.91 Å². The molecule has 0 aliphatic rings. The Kier molecular flexibility index (Phi) is 6.84. The zero-order valence-corrected chi connectivity index (χ0v) is 17.4. The van der Waals surface area contributed by atoms with Gasteiger partial charge in [-0.2, -0.15) is 0 Å². The van der Waals surface area contributed by atoms with Crippen LogP contribution in [0, 0.1) is 0 Å². The minimum Gasteiger partial charge on any atom is -0.486 e. The summed E-state index contributed by atoms with van der Waals surface area (Å²) < 4.78 is 6.69. The molecule has 5 nitrogen and oxygen atoms in total. The molecular formula is C19H17BrClN3O2S. The second-order valence-corrected chi connectivity index (χ2v) is 8.51. The molecule has 0 saturated carbocycles. The van der Waals surface area contributed by atoms with E-state index in [0.717, 1.165) is 15.0 Å². The van der Waals surface area contributed by atoms with Gasteiger partial charge in [0, 0.05) is 11.9 Å². The van der Waals surface area contributed by atoms with E-state index in [1.165, 1.54) is 0 Å². The molecule has 1 unspecified atom stereocenters. The summed E-state index contributed by atoms with van der Waals surface area (Å²) in [5.41, 5.74) is 8.39. The number of benzene rings is 1. The number of ether oxygens (including phenoxy) is 1. The molecule has 0 fully saturated rings. The quantitative estimate of drug-likeness (QED) is 0.531. The summed E-state index contributed by atoms with van der Waals surface area (Å²) in [6, 6.07) is 12.0. The molecule has 0 saturated heterocycles.